The van der Waals surface area contributed by atoms with Gasteiger partial charge < -0.3 is 19.2 Å². The van der Waals surface area contributed by atoms with Crippen LogP contribution in [0.2, 0.25) is 0 Å². The van der Waals surface area contributed by atoms with Gasteiger partial charge in [-0.1, -0.05) is 0 Å². The van der Waals surface area contributed by atoms with Crippen LogP contribution in [-0.2, 0) is 0 Å². The van der Waals surface area contributed by atoms with Crippen molar-refractivity contribution in [3.63, 3.8) is 0 Å². The van der Waals surface area contributed by atoms with Crippen molar-refractivity contribution < 1.29 is 14.2 Å². The first-order valence-electron chi connectivity index (χ1n) is 4.89. The first-order valence-corrected chi connectivity index (χ1v) is 4.89. The van der Waals surface area contributed by atoms with Gasteiger partial charge in [0.1, 0.15) is 5.52 Å². The Hall–Kier alpha value is -2.24. The van der Waals surface area contributed by atoms with E-state index in [9.17, 15) is 4.79 Å². The Labute approximate surface area is 97.1 Å². The molecule has 6 heteroatoms. The zero-order valence-corrected chi connectivity index (χ0v) is 9.73. The van der Waals surface area contributed by atoms with Gasteiger partial charge in [0.15, 0.2) is 11.5 Å². The molecule has 17 heavy (non-hydrogen) atoms. The van der Waals surface area contributed by atoms with Gasteiger partial charge in [0.25, 0.3) is 5.56 Å². The monoisotopic (exact) mass is 236 g/mol. The minimum absolute atomic E-state index is 0.255. The highest BCUT2D eigenvalue weighted by Crippen LogP contribution is 2.41. The summed E-state index contributed by atoms with van der Waals surface area (Å²) in [6.07, 6.45) is 1.32. The van der Waals surface area contributed by atoms with Crippen LogP contribution in [0.15, 0.2) is 17.2 Å². The van der Waals surface area contributed by atoms with E-state index in [2.05, 4.69) is 9.97 Å². The fourth-order valence-electron chi connectivity index (χ4n) is 1.68. The second-order valence-electron chi connectivity index (χ2n) is 3.27. The third-order valence-corrected chi connectivity index (χ3v) is 2.44. The smallest absolute Gasteiger partial charge is 0.258 e. The number of aromatic nitrogens is 2. The van der Waals surface area contributed by atoms with Crippen molar-refractivity contribution in [1.82, 2.24) is 9.97 Å². The lowest BCUT2D eigenvalue weighted by Crippen LogP contribution is -2.08. The van der Waals surface area contributed by atoms with Gasteiger partial charge >= 0.3 is 0 Å². The summed E-state index contributed by atoms with van der Waals surface area (Å²) in [7, 11) is 4.48. The Morgan fingerprint density at radius 2 is 1.82 bits per heavy atom. The molecule has 0 atom stereocenters. The van der Waals surface area contributed by atoms with E-state index in [1.807, 2.05) is 0 Å². The van der Waals surface area contributed by atoms with Crippen LogP contribution < -0.4 is 19.8 Å². The molecule has 1 aromatic heterocycles. The molecule has 0 spiro atoms. The molecule has 0 aliphatic rings. The zero-order chi connectivity index (χ0) is 12.4. The van der Waals surface area contributed by atoms with Crippen molar-refractivity contribution in [2.24, 2.45) is 0 Å². The number of nitrogens with one attached hydrogen (secondary N) is 1. The average molecular weight is 236 g/mol. The maximum Gasteiger partial charge on any atom is 0.258 e. The van der Waals surface area contributed by atoms with Crippen molar-refractivity contribution in [2.75, 3.05) is 21.3 Å². The van der Waals surface area contributed by atoms with E-state index >= 15 is 0 Å². The maximum absolute atomic E-state index is 11.7. The molecule has 0 radical (unpaired) electrons. The number of hydrogen-bond acceptors (Lipinski definition) is 5. The number of aromatic amines is 1. The Kier molecular flexibility index (Phi) is 2.86. The fraction of sp³-hybridized carbons (Fsp3) is 0.273. The number of rotatable bonds is 3. The van der Waals surface area contributed by atoms with Crippen molar-refractivity contribution >= 4 is 10.9 Å². The summed E-state index contributed by atoms with van der Waals surface area (Å²) in [6, 6.07) is 1.57. The van der Waals surface area contributed by atoms with Crippen molar-refractivity contribution in [1.29, 1.82) is 0 Å². The molecule has 2 aromatic rings. The van der Waals surface area contributed by atoms with E-state index in [-0.39, 0.29) is 5.56 Å². The molecule has 6 nitrogen and oxygen atoms in total. The highest BCUT2D eigenvalue weighted by atomic mass is 16.5. The van der Waals surface area contributed by atoms with Gasteiger partial charge in [-0.05, 0) is 6.07 Å². The number of fused-ring (bicyclic) bond motifs is 1. The van der Waals surface area contributed by atoms with Gasteiger partial charge in [0.05, 0.1) is 33.0 Å². The molecule has 1 aromatic carbocycles. The zero-order valence-electron chi connectivity index (χ0n) is 9.73. The molecule has 0 fully saturated rings. The second-order valence-corrected chi connectivity index (χ2v) is 3.27. The van der Waals surface area contributed by atoms with Crippen LogP contribution >= 0.6 is 0 Å². The Morgan fingerprint density at radius 3 is 2.41 bits per heavy atom. The summed E-state index contributed by atoms with van der Waals surface area (Å²) in [5.41, 5.74) is 0.183. The Balaban J connectivity index is 2.94. The molecule has 1 heterocycles. The highest BCUT2D eigenvalue weighted by Gasteiger charge is 2.18. The minimum atomic E-state index is -0.255. The largest absolute Gasteiger partial charge is 0.493 e. The molecule has 0 amide bonds. The van der Waals surface area contributed by atoms with E-state index in [0.717, 1.165) is 0 Å². The van der Waals surface area contributed by atoms with E-state index in [0.29, 0.717) is 28.2 Å². The predicted molar refractivity (Wildman–Crippen MR) is 62.0 cm³/mol. The number of hydrogen-bond donors (Lipinski definition) is 1. The Morgan fingerprint density at radius 1 is 1.12 bits per heavy atom. The first-order chi connectivity index (χ1) is 8.22. The van der Waals surface area contributed by atoms with Crippen LogP contribution in [0.3, 0.4) is 0 Å². The number of ether oxygens (including phenoxy) is 3. The van der Waals surface area contributed by atoms with Gasteiger partial charge in [-0.3, -0.25) is 4.79 Å². The minimum Gasteiger partial charge on any atom is -0.493 e. The van der Waals surface area contributed by atoms with Crippen molar-refractivity contribution in [2.45, 2.75) is 0 Å². The van der Waals surface area contributed by atoms with Crippen molar-refractivity contribution in [3.05, 3.63) is 22.7 Å². The van der Waals surface area contributed by atoms with Crippen LogP contribution in [0.25, 0.3) is 10.9 Å². The average Bonchev–Trinajstić information content (AvgIpc) is 2.36. The van der Waals surface area contributed by atoms with Crippen LogP contribution in [0.5, 0.6) is 17.2 Å². The lowest BCUT2D eigenvalue weighted by molar-refractivity contribution is 0.327. The topological polar surface area (TPSA) is 73.4 Å². The summed E-state index contributed by atoms with van der Waals surface area (Å²) >= 11 is 0. The molecular weight excluding hydrogens is 224 g/mol. The lowest BCUT2D eigenvalue weighted by atomic mass is 10.2. The molecule has 2 rings (SSSR count). The molecule has 0 unspecified atom stereocenters. The SMILES string of the molecule is COc1cc2c(=O)[nH]cnc2c(OC)c1OC. The summed E-state index contributed by atoms with van der Waals surface area (Å²) in [6.45, 7) is 0. The van der Waals surface area contributed by atoms with Gasteiger partial charge in [-0.25, -0.2) is 4.98 Å². The van der Waals surface area contributed by atoms with Crippen LogP contribution in [0.1, 0.15) is 0 Å². The van der Waals surface area contributed by atoms with Crippen LogP contribution in [0, 0.1) is 0 Å². The van der Waals surface area contributed by atoms with E-state index < -0.39 is 0 Å². The third kappa shape index (κ3) is 1.67. The van der Waals surface area contributed by atoms with Gasteiger partial charge in [-0.2, -0.15) is 0 Å². The quantitative estimate of drug-likeness (QED) is 0.858. The predicted octanol–water partition coefficient (Wildman–Crippen LogP) is 0.949. The number of methoxy groups -OCH3 is 3. The van der Waals surface area contributed by atoms with E-state index in [4.69, 9.17) is 14.2 Å². The fourth-order valence-corrected chi connectivity index (χ4v) is 1.68. The molecule has 0 bridgehead atoms. The van der Waals surface area contributed by atoms with E-state index in [1.165, 1.54) is 27.7 Å². The summed E-state index contributed by atoms with van der Waals surface area (Å²) < 4.78 is 15.6. The normalized spacial score (nSPS) is 10.3. The number of H-pyrrole nitrogens is 1. The van der Waals surface area contributed by atoms with Gasteiger partial charge in [0.2, 0.25) is 5.75 Å². The molecule has 1 N–H and O–H groups in total. The van der Waals surface area contributed by atoms with Crippen LogP contribution in [-0.4, -0.2) is 31.3 Å². The summed E-state index contributed by atoms with van der Waals surface area (Å²) in [4.78, 5) is 18.2. The first kappa shape index (κ1) is 11.3. The molecule has 0 saturated heterocycles. The number of nitrogens with zero attached hydrogens (tertiary/aromatic N) is 1. The van der Waals surface area contributed by atoms with Gasteiger partial charge in [0, 0.05) is 0 Å². The summed E-state index contributed by atoms with van der Waals surface area (Å²) in [5, 5.41) is 0.391. The number of benzene rings is 1. The Bertz CT molecular complexity index is 606. The van der Waals surface area contributed by atoms with E-state index in [1.54, 1.807) is 6.07 Å². The third-order valence-electron chi connectivity index (χ3n) is 2.44. The van der Waals surface area contributed by atoms with Crippen molar-refractivity contribution in [3.8, 4) is 17.2 Å². The summed E-state index contributed by atoms with van der Waals surface area (Å²) in [5.74, 6) is 1.23. The highest BCUT2D eigenvalue weighted by molar-refractivity contribution is 5.89. The molecule has 0 aliphatic heterocycles. The molecular formula is C11H12N2O4. The standard InChI is InChI=1S/C11H12N2O4/c1-15-7-4-6-8(12-5-13-11(6)14)10(17-3)9(7)16-2/h4-5H,1-3H3,(H,12,13,14). The molecule has 0 saturated carbocycles. The molecule has 90 valence electrons. The van der Waals surface area contributed by atoms with Crippen LogP contribution in [0.4, 0.5) is 0 Å². The second kappa shape index (κ2) is 4.32. The molecule has 0 aliphatic carbocycles. The maximum atomic E-state index is 11.7. The lowest BCUT2D eigenvalue weighted by Gasteiger charge is -2.13. The van der Waals surface area contributed by atoms with Gasteiger partial charge in [-0.15, -0.1) is 0 Å².